The molecule has 68 heavy (non-hydrogen) atoms. The normalized spacial score (nSPS) is 15.0. The summed E-state index contributed by atoms with van der Waals surface area (Å²) in [7, 11) is 0. The molecule has 1 aliphatic carbocycles. The van der Waals surface area contributed by atoms with E-state index in [9.17, 15) is 0 Å². The molecule has 0 N–H and O–H groups in total. The number of rotatable bonds is 1. The molecule has 4 nitrogen and oxygen atoms in total. The van der Waals surface area contributed by atoms with Crippen LogP contribution in [0.15, 0.2) is 142 Å². The number of furan rings is 2. The van der Waals surface area contributed by atoms with E-state index in [1.807, 2.05) is 0 Å². The van der Waals surface area contributed by atoms with Crippen LogP contribution in [0.3, 0.4) is 0 Å². The quantitative estimate of drug-likeness (QED) is 0.154. The van der Waals surface area contributed by atoms with Crippen molar-refractivity contribution >= 4 is 94.8 Å². The number of para-hydroxylation sites is 2. The second-order valence-corrected chi connectivity index (χ2v) is 23.8. The van der Waals surface area contributed by atoms with E-state index in [2.05, 4.69) is 219 Å². The predicted molar refractivity (Wildman–Crippen MR) is 288 cm³/mol. The van der Waals surface area contributed by atoms with Crippen LogP contribution in [-0.4, -0.2) is 11.4 Å². The van der Waals surface area contributed by atoms with E-state index in [0.29, 0.717) is 0 Å². The fourth-order valence-corrected chi connectivity index (χ4v) is 12.6. The Kier molecular flexibility index (Phi) is 7.53. The predicted octanol–water partition coefficient (Wildman–Crippen LogP) is 16.0. The summed E-state index contributed by atoms with van der Waals surface area (Å²) in [6, 6.07) is 51.0. The van der Waals surface area contributed by atoms with Gasteiger partial charge in [0.15, 0.2) is 0 Å². The van der Waals surface area contributed by atoms with Gasteiger partial charge in [0.25, 0.3) is 0 Å². The Hall–Kier alpha value is -6.98. The van der Waals surface area contributed by atoms with Crippen LogP contribution in [0.4, 0.5) is 11.4 Å². The number of benzene rings is 8. The molecule has 0 atom stereocenters. The topological polar surface area (TPSA) is 34.5 Å². The summed E-state index contributed by atoms with van der Waals surface area (Å²) in [4.78, 5) is 2.67. The lowest BCUT2D eigenvalue weighted by Gasteiger charge is -2.42. The third-order valence-corrected chi connectivity index (χ3v) is 16.2. The minimum absolute atomic E-state index is 0.00368. The van der Waals surface area contributed by atoms with Crippen molar-refractivity contribution in [3.05, 3.63) is 161 Å². The van der Waals surface area contributed by atoms with Gasteiger partial charge < -0.3 is 18.2 Å². The maximum atomic E-state index is 7.37. The van der Waals surface area contributed by atoms with E-state index in [0.717, 1.165) is 44.2 Å². The minimum atomic E-state index is -0.232. The first-order valence-electron chi connectivity index (χ1n) is 24.5. The molecule has 0 fully saturated rings. The number of hydrogen-bond donors (Lipinski definition) is 0. The van der Waals surface area contributed by atoms with Gasteiger partial charge in [-0.1, -0.05) is 149 Å². The highest BCUT2D eigenvalue weighted by Gasteiger charge is 2.48. The van der Waals surface area contributed by atoms with Crippen molar-refractivity contribution < 1.29 is 8.83 Å². The van der Waals surface area contributed by atoms with E-state index >= 15 is 0 Å². The molecular weight excluding hydrogens is 828 g/mol. The smallest absolute Gasteiger partial charge is 0.333 e. The zero-order valence-electron chi connectivity index (χ0n) is 41.0. The van der Waals surface area contributed by atoms with E-state index in [-0.39, 0.29) is 28.5 Å². The van der Waals surface area contributed by atoms with E-state index in [4.69, 9.17) is 8.83 Å². The SMILES string of the molecule is CC(C)(C)c1ccc(N2B3c4cc5oc6ccccc6c5cc4-n4c5ccc(C(C)(C)C)cc5c5c6c(oc7ccccc76)c(c3c54)-c3cc4c(cc32)C(C)(C)c2cc(C(C)(C)C)ccc2-4)cc1. The molecule has 0 saturated carbocycles. The molecule has 0 saturated heterocycles. The largest absolute Gasteiger partial charge is 0.456 e. The molecule has 0 bridgehead atoms. The first kappa shape index (κ1) is 40.1. The molecule has 3 aliphatic rings. The Morgan fingerprint density at radius 1 is 0.485 bits per heavy atom. The molecule has 0 spiro atoms. The maximum Gasteiger partial charge on any atom is 0.333 e. The summed E-state index contributed by atoms with van der Waals surface area (Å²) in [6.07, 6.45) is 0. The molecule has 0 radical (unpaired) electrons. The summed E-state index contributed by atoms with van der Waals surface area (Å²) in [6.45, 7) is 25.5. The summed E-state index contributed by atoms with van der Waals surface area (Å²) in [5.41, 5.74) is 23.6. The molecule has 0 amide bonds. The van der Waals surface area contributed by atoms with Gasteiger partial charge in [0.05, 0.1) is 11.0 Å². The monoisotopic (exact) mass is 882 g/mol. The summed E-state index contributed by atoms with van der Waals surface area (Å²) in [5.74, 6) is 0. The summed E-state index contributed by atoms with van der Waals surface area (Å²) < 4.78 is 16.8. The molecule has 5 heterocycles. The van der Waals surface area contributed by atoms with Crippen LogP contribution in [0.2, 0.25) is 0 Å². The van der Waals surface area contributed by atoms with Crippen molar-refractivity contribution in [3.63, 3.8) is 0 Å². The second kappa shape index (κ2) is 12.8. The van der Waals surface area contributed by atoms with Crippen LogP contribution in [0.5, 0.6) is 0 Å². The number of nitrogens with zero attached hydrogens (tertiary/aromatic N) is 2. The molecule has 8 aromatic carbocycles. The Morgan fingerprint density at radius 2 is 1.12 bits per heavy atom. The molecule has 11 aromatic rings. The van der Waals surface area contributed by atoms with Gasteiger partial charge in [0.2, 0.25) is 0 Å². The molecule has 3 aromatic heterocycles. The average Bonchev–Trinajstić information content (AvgIpc) is 4.03. The Bertz CT molecular complexity index is 4060. The lowest BCUT2D eigenvalue weighted by Crippen LogP contribution is -2.60. The van der Waals surface area contributed by atoms with Crippen molar-refractivity contribution in [2.24, 2.45) is 0 Å². The van der Waals surface area contributed by atoms with Crippen LogP contribution >= 0.6 is 0 Å². The van der Waals surface area contributed by atoms with E-state index < -0.39 is 0 Å². The van der Waals surface area contributed by atoms with Crippen molar-refractivity contribution in [2.45, 2.75) is 97.8 Å². The fourth-order valence-electron chi connectivity index (χ4n) is 12.6. The third kappa shape index (κ3) is 5.12. The number of fused-ring (bicyclic) bond motifs is 19. The molecule has 332 valence electrons. The van der Waals surface area contributed by atoms with Crippen molar-refractivity contribution in [3.8, 4) is 27.9 Å². The van der Waals surface area contributed by atoms with Gasteiger partial charge in [-0.3, -0.25) is 0 Å². The van der Waals surface area contributed by atoms with Crippen molar-refractivity contribution in [1.29, 1.82) is 0 Å². The highest BCUT2D eigenvalue weighted by Crippen LogP contribution is 2.57. The number of anilines is 2. The average molecular weight is 883 g/mol. The molecule has 2 aliphatic heterocycles. The van der Waals surface area contributed by atoms with Gasteiger partial charge in [0.1, 0.15) is 22.3 Å². The first-order chi connectivity index (χ1) is 32.4. The molecule has 14 rings (SSSR count). The van der Waals surface area contributed by atoms with E-state index in [1.165, 1.54) is 99.6 Å². The third-order valence-electron chi connectivity index (χ3n) is 16.2. The van der Waals surface area contributed by atoms with Gasteiger partial charge in [-0.05, 0) is 127 Å². The van der Waals surface area contributed by atoms with Crippen LogP contribution in [0.1, 0.15) is 104 Å². The molecular formula is C63H55BN2O2. The zero-order valence-corrected chi connectivity index (χ0v) is 41.0. The lowest BCUT2D eigenvalue weighted by molar-refractivity contribution is 0.584. The fraction of sp³-hybridized carbons (Fsp3) is 0.238. The Balaban J connectivity index is 1.21. The van der Waals surface area contributed by atoms with Gasteiger partial charge in [-0.25, -0.2) is 0 Å². The number of aromatic nitrogens is 1. The molecule has 5 heteroatoms. The van der Waals surface area contributed by atoms with Crippen LogP contribution < -0.4 is 15.7 Å². The van der Waals surface area contributed by atoms with Crippen LogP contribution in [0.25, 0.3) is 93.6 Å². The van der Waals surface area contributed by atoms with Gasteiger partial charge in [-0.15, -0.1) is 0 Å². The lowest BCUT2D eigenvalue weighted by atomic mass is 9.43. The number of hydrogen-bond acceptors (Lipinski definition) is 3. The molecule has 0 unspecified atom stereocenters. The second-order valence-electron chi connectivity index (χ2n) is 23.8. The van der Waals surface area contributed by atoms with Crippen molar-refractivity contribution in [2.75, 3.05) is 4.81 Å². The summed E-state index contributed by atoms with van der Waals surface area (Å²) >= 11 is 0. The van der Waals surface area contributed by atoms with E-state index in [1.54, 1.807) is 0 Å². The first-order valence-corrected chi connectivity index (χ1v) is 24.5. The zero-order chi connectivity index (χ0) is 46.7. The maximum absolute atomic E-state index is 7.37. The van der Waals surface area contributed by atoms with Crippen LogP contribution in [-0.2, 0) is 21.7 Å². The minimum Gasteiger partial charge on any atom is -0.456 e. The van der Waals surface area contributed by atoms with Gasteiger partial charge in [0, 0.05) is 65.9 Å². The van der Waals surface area contributed by atoms with Gasteiger partial charge >= 0.3 is 6.85 Å². The standard InChI is InChI=1S/C63H55BN2O2/c1-60(2,3)34-20-24-37(25-21-34)66-49-32-46-41(38-26-22-36(62(7,8)9)29-45(38)63(46,10)11)30-44(49)56-57-58-54(55-40-17-13-15-19-52(40)68-59(55)56)43-28-35(61(4,5)6)23-27-48(43)65(58)50-31-42-39-16-12-14-18-51(39)67-53(42)33-47(50)64(57)66/h12-33H,1-11H3. The van der Waals surface area contributed by atoms with Gasteiger partial charge in [-0.2, -0.15) is 0 Å². The Morgan fingerprint density at radius 3 is 1.84 bits per heavy atom. The summed E-state index contributed by atoms with van der Waals surface area (Å²) in [5, 5.41) is 7.10. The van der Waals surface area contributed by atoms with Crippen LogP contribution in [0, 0.1) is 0 Å². The van der Waals surface area contributed by atoms with Crippen molar-refractivity contribution in [1.82, 2.24) is 4.57 Å². The highest BCUT2D eigenvalue weighted by atomic mass is 16.3. The highest BCUT2D eigenvalue weighted by molar-refractivity contribution is 6.94. The Labute approximate surface area is 398 Å².